The van der Waals surface area contributed by atoms with Crippen LogP contribution in [0.2, 0.25) is 0 Å². The summed E-state index contributed by atoms with van der Waals surface area (Å²) in [6.07, 6.45) is 9.64. The Labute approximate surface area is 198 Å². The fourth-order valence-corrected chi connectivity index (χ4v) is 8.01. The maximum atomic E-state index is 12.2. The second-order valence-corrected chi connectivity index (χ2v) is 11.3. The lowest BCUT2D eigenvalue weighted by atomic mass is 9.50. The maximum Gasteiger partial charge on any atom is 0.156 e. The van der Waals surface area contributed by atoms with Gasteiger partial charge >= 0.3 is 0 Å². The summed E-state index contributed by atoms with van der Waals surface area (Å²) in [5.74, 6) is 1.46. The first-order valence-corrected chi connectivity index (χ1v) is 12.9. The first-order chi connectivity index (χ1) is 15.8. The van der Waals surface area contributed by atoms with E-state index < -0.39 is 5.60 Å². The molecule has 2 N–H and O–H groups in total. The molecule has 0 radical (unpaired) electrons. The maximum absolute atomic E-state index is 12.2. The molecule has 0 spiro atoms. The van der Waals surface area contributed by atoms with Crippen LogP contribution in [-0.4, -0.2) is 42.3 Å². The number of nitrogens with zero attached hydrogens (tertiary/aromatic N) is 1. The lowest BCUT2D eigenvalue weighted by Crippen LogP contribution is -2.51. The third-order valence-corrected chi connectivity index (χ3v) is 9.60. The van der Waals surface area contributed by atoms with Crippen LogP contribution < -0.4 is 4.90 Å². The molecule has 4 aliphatic rings. The van der Waals surface area contributed by atoms with Gasteiger partial charge in [-0.25, -0.2) is 0 Å². The van der Waals surface area contributed by atoms with Crippen LogP contribution >= 0.6 is 0 Å². The number of anilines is 1. The number of rotatable bonds is 5. The lowest BCUT2D eigenvalue weighted by molar-refractivity contribution is -0.114. The highest BCUT2D eigenvalue weighted by molar-refractivity contribution is 5.93. The predicted octanol–water partition coefficient (Wildman–Crippen LogP) is 5.16. The van der Waals surface area contributed by atoms with Gasteiger partial charge < -0.3 is 15.1 Å². The van der Waals surface area contributed by atoms with E-state index in [0.29, 0.717) is 31.1 Å². The molecule has 178 valence electrons. The Morgan fingerprint density at radius 3 is 2.67 bits per heavy atom. The third kappa shape index (κ3) is 3.52. The second kappa shape index (κ2) is 8.39. The van der Waals surface area contributed by atoms with Gasteiger partial charge in [0.05, 0.1) is 5.60 Å². The molecule has 0 aliphatic heterocycles. The molecule has 2 fully saturated rings. The van der Waals surface area contributed by atoms with Crippen molar-refractivity contribution in [1.82, 2.24) is 0 Å². The Hall–Kier alpha value is -1.91. The number of allylic oxidation sites excluding steroid dienone is 4. The molecule has 1 aromatic carbocycles. The van der Waals surface area contributed by atoms with Crippen molar-refractivity contribution in [2.45, 2.75) is 76.2 Å². The fraction of sp³-hybridized carbons (Fsp3) is 0.621. The van der Waals surface area contributed by atoms with E-state index in [-0.39, 0.29) is 23.7 Å². The van der Waals surface area contributed by atoms with Crippen LogP contribution in [0.3, 0.4) is 0 Å². The van der Waals surface area contributed by atoms with Crippen LogP contribution in [0.5, 0.6) is 0 Å². The number of carbonyl (C=O) groups excluding carboxylic acids is 1. The number of hydrogen-bond acceptors (Lipinski definition) is 4. The van der Waals surface area contributed by atoms with Gasteiger partial charge in [0.2, 0.25) is 0 Å². The van der Waals surface area contributed by atoms with E-state index in [1.807, 2.05) is 6.08 Å². The molecule has 2 saturated carbocycles. The fourth-order valence-electron chi connectivity index (χ4n) is 8.01. The number of para-hydroxylation sites is 1. The van der Waals surface area contributed by atoms with Gasteiger partial charge in [0.15, 0.2) is 5.78 Å². The van der Waals surface area contributed by atoms with E-state index in [1.165, 1.54) is 22.4 Å². The smallest absolute Gasteiger partial charge is 0.156 e. The minimum absolute atomic E-state index is 0.136. The normalized spacial score (nSPS) is 35.6. The Bertz CT molecular complexity index is 1010. The van der Waals surface area contributed by atoms with E-state index in [4.69, 9.17) is 0 Å². The average Bonchev–Trinajstić information content (AvgIpc) is 3.07. The first kappa shape index (κ1) is 22.9. The van der Waals surface area contributed by atoms with Crippen LogP contribution in [0, 0.1) is 17.3 Å². The number of carbonyl (C=O) groups is 1. The highest BCUT2D eigenvalue weighted by atomic mass is 16.3. The summed E-state index contributed by atoms with van der Waals surface area (Å²) in [7, 11) is 4.22. The van der Waals surface area contributed by atoms with Crippen LogP contribution in [0.1, 0.15) is 76.2 Å². The summed E-state index contributed by atoms with van der Waals surface area (Å²) in [5, 5.41) is 21.5. The van der Waals surface area contributed by atoms with Crippen molar-refractivity contribution >= 4 is 11.5 Å². The number of ketones is 1. The van der Waals surface area contributed by atoms with Crippen molar-refractivity contribution in [3.63, 3.8) is 0 Å². The van der Waals surface area contributed by atoms with Gasteiger partial charge in [-0.2, -0.15) is 0 Å². The van der Waals surface area contributed by atoms with E-state index in [1.54, 1.807) is 5.57 Å². The Morgan fingerprint density at radius 2 is 1.91 bits per heavy atom. The van der Waals surface area contributed by atoms with Gasteiger partial charge in [0.1, 0.15) is 0 Å². The van der Waals surface area contributed by atoms with Crippen molar-refractivity contribution < 1.29 is 15.0 Å². The van der Waals surface area contributed by atoms with Gasteiger partial charge in [0.25, 0.3) is 0 Å². The lowest BCUT2D eigenvalue weighted by Gasteiger charge is -2.55. The zero-order valence-electron chi connectivity index (χ0n) is 20.4. The third-order valence-electron chi connectivity index (χ3n) is 9.60. The van der Waals surface area contributed by atoms with Gasteiger partial charge in [-0.3, -0.25) is 4.79 Å². The van der Waals surface area contributed by atoms with Crippen molar-refractivity contribution in [1.29, 1.82) is 0 Å². The molecule has 4 aliphatic carbocycles. The van der Waals surface area contributed by atoms with Crippen molar-refractivity contribution in [2.24, 2.45) is 17.3 Å². The number of aliphatic hydroxyl groups is 2. The van der Waals surface area contributed by atoms with Crippen molar-refractivity contribution in [2.75, 3.05) is 25.6 Å². The van der Waals surface area contributed by atoms with E-state index in [0.717, 1.165) is 38.5 Å². The largest absolute Gasteiger partial charge is 0.396 e. The van der Waals surface area contributed by atoms with Crippen molar-refractivity contribution in [3.8, 4) is 0 Å². The molecule has 5 rings (SSSR count). The van der Waals surface area contributed by atoms with Crippen LogP contribution in [0.25, 0.3) is 0 Å². The quantitative estimate of drug-likeness (QED) is 0.652. The van der Waals surface area contributed by atoms with E-state index in [2.05, 4.69) is 50.2 Å². The summed E-state index contributed by atoms with van der Waals surface area (Å²) in [4.78, 5) is 14.4. The zero-order valence-corrected chi connectivity index (χ0v) is 20.4. The SMILES string of the molecule is CN(C)c1ccccc1[C@H]1C[C@]2(C)[C@@H](CC[C@]2(O)CCCO)[C@@H]2CCC3=CC(=O)CCC3=C21. The molecule has 4 heteroatoms. The van der Waals surface area contributed by atoms with Gasteiger partial charge in [-0.1, -0.05) is 30.7 Å². The molecule has 0 saturated heterocycles. The molecular weight excluding hydrogens is 410 g/mol. The number of hydrogen-bond donors (Lipinski definition) is 2. The summed E-state index contributed by atoms with van der Waals surface area (Å²) in [6, 6.07) is 8.75. The molecule has 4 nitrogen and oxygen atoms in total. The van der Waals surface area contributed by atoms with Gasteiger partial charge in [-0.15, -0.1) is 0 Å². The van der Waals surface area contributed by atoms with Crippen LogP contribution in [0.4, 0.5) is 5.69 Å². The topological polar surface area (TPSA) is 60.8 Å². The second-order valence-electron chi connectivity index (χ2n) is 11.3. The first-order valence-electron chi connectivity index (χ1n) is 12.9. The molecule has 0 unspecified atom stereocenters. The van der Waals surface area contributed by atoms with E-state index in [9.17, 15) is 15.0 Å². The Balaban J connectivity index is 1.68. The highest BCUT2D eigenvalue weighted by Gasteiger charge is 2.62. The Kier molecular flexibility index (Phi) is 5.81. The molecule has 0 aromatic heterocycles. The number of fused-ring (bicyclic) bond motifs is 4. The van der Waals surface area contributed by atoms with Gasteiger partial charge in [0, 0.05) is 44.1 Å². The predicted molar refractivity (Wildman–Crippen MR) is 132 cm³/mol. The average molecular weight is 450 g/mol. The summed E-state index contributed by atoms with van der Waals surface area (Å²) < 4.78 is 0. The molecular formula is C29H39NO3. The zero-order chi connectivity index (χ0) is 23.4. The van der Waals surface area contributed by atoms with Crippen LogP contribution in [0.15, 0.2) is 47.1 Å². The van der Waals surface area contributed by atoms with Crippen LogP contribution in [-0.2, 0) is 4.79 Å². The monoisotopic (exact) mass is 449 g/mol. The number of aliphatic hydroxyl groups excluding tert-OH is 1. The summed E-state index contributed by atoms with van der Waals surface area (Å²) >= 11 is 0. The molecule has 0 heterocycles. The molecule has 33 heavy (non-hydrogen) atoms. The molecule has 0 amide bonds. The number of benzene rings is 1. The molecule has 5 atom stereocenters. The van der Waals surface area contributed by atoms with Crippen molar-refractivity contribution in [3.05, 3.63) is 52.6 Å². The summed E-state index contributed by atoms with van der Waals surface area (Å²) in [5.41, 5.74) is 6.01. The highest BCUT2D eigenvalue weighted by Crippen LogP contribution is 2.67. The molecule has 1 aromatic rings. The van der Waals surface area contributed by atoms with Gasteiger partial charge in [-0.05, 0) is 92.1 Å². The summed E-state index contributed by atoms with van der Waals surface area (Å²) in [6.45, 7) is 2.47. The minimum atomic E-state index is -0.722. The minimum Gasteiger partial charge on any atom is -0.396 e. The standard InChI is InChI=1S/C29H39NO3/c1-28-18-24(22-7-4-5-8-26(22)30(2)3)27-21-12-10-20(32)17-19(21)9-11-23(27)25(28)13-15-29(28,33)14-6-16-31/h4-5,7-8,17,23-25,31,33H,6,9-16,18H2,1-3H3/t23-,24+,25-,28+,29+/m0/s1. The van der Waals surface area contributed by atoms with E-state index >= 15 is 0 Å². The molecule has 0 bridgehead atoms. The Morgan fingerprint density at radius 1 is 1.12 bits per heavy atom.